The van der Waals surface area contributed by atoms with Gasteiger partial charge in [0.15, 0.2) is 0 Å². The van der Waals surface area contributed by atoms with E-state index in [4.69, 9.17) is 5.11 Å². The molecule has 5 heteroatoms. The van der Waals surface area contributed by atoms with Gasteiger partial charge >= 0.3 is 0 Å². The molecule has 0 aliphatic rings. The van der Waals surface area contributed by atoms with Gasteiger partial charge in [-0.05, 0) is 11.4 Å². The fourth-order valence-electron chi connectivity index (χ4n) is 1.34. The van der Waals surface area contributed by atoms with Gasteiger partial charge in [-0.25, -0.2) is 9.97 Å². The van der Waals surface area contributed by atoms with E-state index >= 15 is 0 Å². The van der Waals surface area contributed by atoms with E-state index in [0.29, 0.717) is 12.5 Å². The van der Waals surface area contributed by atoms with Crippen LogP contribution in [0.25, 0.3) is 10.4 Å². The predicted molar refractivity (Wildman–Crippen MR) is 65.7 cm³/mol. The number of nitrogens with zero attached hydrogens (tertiary/aromatic N) is 3. The average Bonchev–Trinajstić information content (AvgIpc) is 2.83. The van der Waals surface area contributed by atoms with Gasteiger partial charge < -0.3 is 10.0 Å². The SMILES string of the molecule is CN(CCO)c1ncc(-c2cccs2)cn1. The van der Waals surface area contributed by atoms with Crippen molar-refractivity contribution in [2.75, 3.05) is 25.1 Å². The van der Waals surface area contributed by atoms with Crippen LogP contribution in [0.1, 0.15) is 0 Å². The first-order valence-corrected chi connectivity index (χ1v) is 5.87. The zero-order valence-electron chi connectivity index (χ0n) is 9.00. The Hall–Kier alpha value is -1.46. The second kappa shape index (κ2) is 5.05. The highest BCUT2D eigenvalue weighted by atomic mass is 32.1. The normalized spacial score (nSPS) is 10.4. The minimum absolute atomic E-state index is 0.104. The lowest BCUT2D eigenvalue weighted by molar-refractivity contribution is 0.303. The molecule has 0 saturated carbocycles. The van der Waals surface area contributed by atoms with E-state index in [9.17, 15) is 0 Å². The number of anilines is 1. The highest BCUT2D eigenvalue weighted by Gasteiger charge is 2.04. The van der Waals surface area contributed by atoms with Crippen molar-refractivity contribution in [3.63, 3.8) is 0 Å². The fourth-order valence-corrected chi connectivity index (χ4v) is 2.04. The summed E-state index contributed by atoms with van der Waals surface area (Å²) in [7, 11) is 1.86. The molecule has 0 bridgehead atoms. The second-order valence-electron chi connectivity index (χ2n) is 3.39. The maximum absolute atomic E-state index is 8.81. The van der Waals surface area contributed by atoms with Crippen molar-refractivity contribution < 1.29 is 5.11 Å². The molecular weight excluding hydrogens is 222 g/mol. The first kappa shape index (κ1) is 11.0. The molecule has 0 aromatic carbocycles. The van der Waals surface area contributed by atoms with Crippen molar-refractivity contribution in [1.82, 2.24) is 9.97 Å². The van der Waals surface area contributed by atoms with Gasteiger partial charge in [0.25, 0.3) is 0 Å². The molecule has 0 saturated heterocycles. The molecule has 2 aromatic rings. The maximum atomic E-state index is 8.81. The summed E-state index contributed by atoms with van der Waals surface area (Å²) in [6.45, 7) is 0.644. The van der Waals surface area contributed by atoms with Crippen LogP contribution in [0.15, 0.2) is 29.9 Å². The predicted octanol–water partition coefficient (Wildman–Crippen LogP) is 1.63. The monoisotopic (exact) mass is 235 g/mol. The van der Waals surface area contributed by atoms with Gasteiger partial charge in [0, 0.05) is 36.4 Å². The Kier molecular flexibility index (Phi) is 3.48. The number of aliphatic hydroxyl groups is 1. The van der Waals surface area contributed by atoms with Gasteiger partial charge in [-0.3, -0.25) is 0 Å². The van der Waals surface area contributed by atoms with E-state index < -0.39 is 0 Å². The van der Waals surface area contributed by atoms with E-state index in [2.05, 4.69) is 9.97 Å². The lowest BCUT2D eigenvalue weighted by Crippen LogP contribution is -2.23. The van der Waals surface area contributed by atoms with E-state index in [-0.39, 0.29) is 6.61 Å². The van der Waals surface area contributed by atoms with Gasteiger partial charge in [0.2, 0.25) is 5.95 Å². The van der Waals surface area contributed by atoms with E-state index in [1.54, 1.807) is 11.3 Å². The molecule has 0 radical (unpaired) electrons. The first-order valence-electron chi connectivity index (χ1n) is 4.99. The molecule has 0 unspecified atom stereocenters. The average molecular weight is 235 g/mol. The van der Waals surface area contributed by atoms with Crippen LogP contribution in [0.3, 0.4) is 0 Å². The Morgan fingerprint density at radius 2 is 2.12 bits per heavy atom. The molecule has 0 atom stereocenters. The third-order valence-corrected chi connectivity index (χ3v) is 3.14. The van der Waals surface area contributed by atoms with Crippen molar-refractivity contribution in [2.24, 2.45) is 0 Å². The molecule has 2 rings (SSSR count). The molecule has 4 nitrogen and oxygen atoms in total. The van der Waals surface area contributed by atoms with Crippen LogP contribution in [0.2, 0.25) is 0 Å². The highest BCUT2D eigenvalue weighted by Crippen LogP contribution is 2.23. The van der Waals surface area contributed by atoms with Crippen molar-refractivity contribution in [3.05, 3.63) is 29.9 Å². The maximum Gasteiger partial charge on any atom is 0.225 e. The number of aliphatic hydroxyl groups excluding tert-OH is 1. The van der Waals surface area contributed by atoms with Crippen molar-refractivity contribution in [1.29, 1.82) is 0 Å². The summed E-state index contributed by atoms with van der Waals surface area (Å²) in [6.07, 6.45) is 3.62. The fraction of sp³-hybridized carbons (Fsp3) is 0.273. The third-order valence-electron chi connectivity index (χ3n) is 2.22. The molecule has 1 N–H and O–H groups in total. The smallest absolute Gasteiger partial charge is 0.225 e. The number of hydrogen-bond acceptors (Lipinski definition) is 5. The molecule has 0 aliphatic heterocycles. The summed E-state index contributed by atoms with van der Waals surface area (Å²) in [5.74, 6) is 0.634. The minimum Gasteiger partial charge on any atom is -0.395 e. The quantitative estimate of drug-likeness (QED) is 0.875. The zero-order chi connectivity index (χ0) is 11.4. The molecule has 16 heavy (non-hydrogen) atoms. The molecule has 2 heterocycles. The molecule has 0 spiro atoms. The highest BCUT2D eigenvalue weighted by molar-refractivity contribution is 7.13. The Labute approximate surface area is 98.2 Å². The number of thiophene rings is 1. The molecule has 2 aromatic heterocycles. The molecule has 0 aliphatic carbocycles. The van der Waals surface area contributed by atoms with Crippen molar-refractivity contribution >= 4 is 17.3 Å². The van der Waals surface area contributed by atoms with Crippen molar-refractivity contribution in [2.45, 2.75) is 0 Å². The zero-order valence-corrected chi connectivity index (χ0v) is 9.81. The summed E-state index contributed by atoms with van der Waals surface area (Å²) in [5, 5.41) is 10.8. The van der Waals surface area contributed by atoms with Crippen LogP contribution >= 0.6 is 11.3 Å². The molecule has 0 fully saturated rings. The second-order valence-corrected chi connectivity index (χ2v) is 4.34. The van der Waals surface area contributed by atoms with Gasteiger partial charge in [-0.2, -0.15) is 0 Å². The topological polar surface area (TPSA) is 49.2 Å². The van der Waals surface area contributed by atoms with E-state index in [1.165, 1.54) is 0 Å². The van der Waals surface area contributed by atoms with Crippen LogP contribution in [0.5, 0.6) is 0 Å². The Bertz CT molecular complexity index is 427. The Morgan fingerprint density at radius 3 is 2.69 bits per heavy atom. The molecular formula is C11H13N3OS. The van der Waals surface area contributed by atoms with Crippen LogP contribution in [0, 0.1) is 0 Å². The molecule has 84 valence electrons. The summed E-state index contributed by atoms with van der Waals surface area (Å²) >= 11 is 1.67. The van der Waals surface area contributed by atoms with Crippen LogP contribution < -0.4 is 4.90 Å². The minimum atomic E-state index is 0.104. The number of aromatic nitrogens is 2. The lowest BCUT2D eigenvalue weighted by atomic mass is 10.3. The lowest BCUT2D eigenvalue weighted by Gasteiger charge is -2.14. The van der Waals surface area contributed by atoms with Gasteiger partial charge in [0.05, 0.1) is 6.61 Å². The largest absolute Gasteiger partial charge is 0.395 e. The first-order chi connectivity index (χ1) is 7.81. The van der Waals surface area contributed by atoms with Crippen LogP contribution in [0.4, 0.5) is 5.95 Å². The van der Waals surface area contributed by atoms with Gasteiger partial charge in [-0.1, -0.05) is 6.07 Å². The number of likely N-dealkylation sites (N-methyl/N-ethyl adjacent to an activating group) is 1. The van der Waals surface area contributed by atoms with Crippen LogP contribution in [-0.2, 0) is 0 Å². The third kappa shape index (κ3) is 2.37. The summed E-state index contributed by atoms with van der Waals surface area (Å²) in [4.78, 5) is 11.5. The summed E-state index contributed by atoms with van der Waals surface area (Å²) in [5.41, 5.74) is 1.02. The van der Waals surface area contributed by atoms with Gasteiger partial charge in [-0.15, -0.1) is 11.3 Å². The standard InChI is InChI=1S/C11H13N3OS/c1-14(4-5-15)11-12-7-9(8-13-11)10-3-2-6-16-10/h2-3,6-8,15H,4-5H2,1H3. The summed E-state index contributed by atoms with van der Waals surface area (Å²) in [6, 6.07) is 4.05. The van der Waals surface area contributed by atoms with E-state index in [0.717, 1.165) is 10.4 Å². The Morgan fingerprint density at radius 1 is 1.38 bits per heavy atom. The Balaban J connectivity index is 2.16. The number of rotatable bonds is 4. The van der Waals surface area contributed by atoms with Crippen LogP contribution in [-0.4, -0.2) is 35.3 Å². The van der Waals surface area contributed by atoms with Crippen molar-refractivity contribution in [3.8, 4) is 10.4 Å². The van der Waals surface area contributed by atoms with Gasteiger partial charge in [0.1, 0.15) is 0 Å². The summed E-state index contributed by atoms with van der Waals surface area (Å²) < 4.78 is 0. The number of hydrogen-bond donors (Lipinski definition) is 1. The molecule has 0 amide bonds. The van der Waals surface area contributed by atoms with E-state index in [1.807, 2.05) is 41.9 Å².